The Morgan fingerprint density at radius 2 is 2.14 bits per heavy atom. The van der Waals surface area contributed by atoms with E-state index >= 15 is 0 Å². The standard InChI is InChI=1S/C15H16BrN3O3/c1-2-22-14(11-6-4-3-5-7-11)10-18-15-13(19(20)21)8-12(16)9-17-15/h3-9,14H,2,10H2,1H3,(H,17,18). The van der Waals surface area contributed by atoms with E-state index in [2.05, 4.69) is 26.2 Å². The molecule has 2 rings (SSSR count). The summed E-state index contributed by atoms with van der Waals surface area (Å²) in [6.07, 6.45) is 1.32. The van der Waals surface area contributed by atoms with Gasteiger partial charge < -0.3 is 10.1 Å². The minimum atomic E-state index is -0.460. The zero-order chi connectivity index (χ0) is 15.9. The van der Waals surface area contributed by atoms with Crippen LogP contribution in [0.25, 0.3) is 0 Å². The Morgan fingerprint density at radius 1 is 1.41 bits per heavy atom. The summed E-state index contributed by atoms with van der Waals surface area (Å²) in [4.78, 5) is 14.7. The van der Waals surface area contributed by atoms with Gasteiger partial charge in [-0.2, -0.15) is 0 Å². The molecule has 1 N–H and O–H groups in total. The maximum atomic E-state index is 11.1. The molecule has 7 heteroatoms. The number of anilines is 1. The molecule has 116 valence electrons. The summed E-state index contributed by atoms with van der Waals surface area (Å²) in [5.74, 6) is 0.230. The molecule has 1 aromatic carbocycles. The van der Waals surface area contributed by atoms with E-state index in [1.807, 2.05) is 37.3 Å². The van der Waals surface area contributed by atoms with Crippen molar-refractivity contribution in [2.75, 3.05) is 18.5 Å². The minimum absolute atomic E-state index is 0.0716. The van der Waals surface area contributed by atoms with Crippen molar-refractivity contribution in [3.05, 3.63) is 62.7 Å². The lowest BCUT2D eigenvalue weighted by atomic mass is 10.1. The first kappa shape index (κ1) is 16.4. The van der Waals surface area contributed by atoms with Crippen molar-refractivity contribution in [3.63, 3.8) is 0 Å². The van der Waals surface area contributed by atoms with Crippen LogP contribution >= 0.6 is 15.9 Å². The van der Waals surface area contributed by atoms with Crippen LogP contribution < -0.4 is 5.32 Å². The third-order valence-electron chi connectivity index (χ3n) is 3.03. The van der Waals surface area contributed by atoms with Crippen LogP contribution in [0.15, 0.2) is 47.1 Å². The number of pyridine rings is 1. The maximum absolute atomic E-state index is 11.1. The third-order valence-corrected chi connectivity index (χ3v) is 3.46. The van der Waals surface area contributed by atoms with Crippen molar-refractivity contribution in [1.29, 1.82) is 0 Å². The highest BCUT2D eigenvalue weighted by molar-refractivity contribution is 9.10. The summed E-state index contributed by atoms with van der Waals surface area (Å²) in [6.45, 7) is 2.86. The molecule has 0 fully saturated rings. The minimum Gasteiger partial charge on any atom is -0.372 e. The Balaban J connectivity index is 2.15. The predicted octanol–water partition coefficient (Wildman–Crippen LogP) is 3.94. The van der Waals surface area contributed by atoms with Gasteiger partial charge in [-0.3, -0.25) is 10.1 Å². The summed E-state index contributed by atoms with van der Waals surface area (Å²) in [5.41, 5.74) is 0.939. The highest BCUT2D eigenvalue weighted by Crippen LogP contribution is 2.26. The monoisotopic (exact) mass is 365 g/mol. The number of ether oxygens (including phenoxy) is 1. The summed E-state index contributed by atoms with van der Waals surface area (Å²) in [7, 11) is 0. The zero-order valence-corrected chi connectivity index (χ0v) is 13.6. The first-order chi connectivity index (χ1) is 10.6. The van der Waals surface area contributed by atoms with Gasteiger partial charge in [0.05, 0.1) is 11.0 Å². The van der Waals surface area contributed by atoms with E-state index in [-0.39, 0.29) is 17.6 Å². The van der Waals surface area contributed by atoms with Crippen LogP contribution in [0.5, 0.6) is 0 Å². The highest BCUT2D eigenvalue weighted by Gasteiger charge is 2.18. The summed E-state index contributed by atoms with van der Waals surface area (Å²) < 4.78 is 6.27. The van der Waals surface area contributed by atoms with Crippen LogP contribution in [-0.2, 0) is 4.74 Å². The normalized spacial score (nSPS) is 11.9. The van der Waals surface area contributed by atoms with Crippen LogP contribution in [-0.4, -0.2) is 23.1 Å². The van der Waals surface area contributed by atoms with Gasteiger partial charge in [-0.25, -0.2) is 4.98 Å². The van der Waals surface area contributed by atoms with Gasteiger partial charge in [-0.15, -0.1) is 0 Å². The van der Waals surface area contributed by atoms with Gasteiger partial charge in [-0.1, -0.05) is 30.3 Å². The van der Waals surface area contributed by atoms with Gasteiger partial charge in [0.1, 0.15) is 0 Å². The molecule has 0 aliphatic rings. The summed E-state index contributed by atoms with van der Waals surface area (Å²) >= 11 is 3.19. The number of nitrogens with zero attached hydrogens (tertiary/aromatic N) is 2. The Morgan fingerprint density at radius 3 is 2.77 bits per heavy atom. The highest BCUT2D eigenvalue weighted by atomic mass is 79.9. The molecular formula is C15H16BrN3O3. The molecule has 1 heterocycles. The third kappa shape index (κ3) is 4.25. The molecule has 0 aliphatic carbocycles. The molecular weight excluding hydrogens is 350 g/mol. The van der Waals surface area contributed by atoms with Gasteiger partial charge in [0.25, 0.3) is 0 Å². The first-order valence-electron chi connectivity index (χ1n) is 6.82. The largest absolute Gasteiger partial charge is 0.372 e. The van der Waals surface area contributed by atoms with E-state index in [1.165, 1.54) is 12.3 Å². The second kappa shape index (κ2) is 7.86. The van der Waals surface area contributed by atoms with Gasteiger partial charge >= 0.3 is 5.69 Å². The van der Waals surface area contributed by atoms with Crippen LogP contribution in [0, 0.1) is 10.1 Å². The number of nitrogens with one attached hydrogen (secondary N) is 1. The number of nitro groups is 1. The summed E-state index contributed by atoms with van der Waals surface area (Å²) in [5, 5.41) is 14.1. The Labute approximate surface area is 136 Å². The van der Waals surface area contributed by atoms with Gasteiger partial charge in [0, 0.05) is 29.9 Å². The molecule has 1 unspecified atom stereocenters. The zero-order valence-electron chi connectivity index (χ0n) is 12.0. The quantitative estimate of drug-likeness (QED) is 0.593. The number of benzene rings is 1. The molecule has 0 amide bonds. The summed E-state index contributed by atoms with van der Waals surface area (Å²) in [6, 6.07) is 11.1. The smallest absolute Gasteiger partial charge is 0.312 e. The van der Waals surface area contributed by atoms with Crippen molar-refractivity contribution in [2.24, 2.45) is 0 Å². The van der Waals surface area contributed by atoms with Gasteiger partial charge in [-0.05, 0) is 28.4 Å². The van der Waals surface area contributed by atoms with E-state index in [0.29, 0.717) is 17.6 Å². The van der Waals surface area contributed by atoms with Crippen LogP contribution in [0.3, 0.4) is 0 Å². The number of aromatic nitrogens is 1. The molecule has 0 spiro atoms. The number of halogens is 1. The Kier molecular flexibility index (Phi) is 5.85. The van der Waals surface area contributed by atoms with Crippen molar-refractivity contribution in [1.82, 2.24) is 4.98 Å². The second-order valence-corrected chi connectivity index (χ2v) is 5.43. The first-order valence-corrected chi connectivity index (χ1v) is 7.61. The molecule has 6 nitrogen and oxygen atoms in total. The number of hydrogen-bond donors (Lipinski definition) is 1. The van der Waals surface area contributed by atoms with Crippen molar-refractivity contribution >= 4 is 27.4 Å². The lowest BCUT2D eigenvalue weighted by Crippen LogP contribution is -2.17. The average Bonchev–Trinajstić information content (AvgIpc) is 2.53. The number of hydrogen-bond acceptors (Lipinski definition) is 5. The molecule has 0 bridgehead atoms. The van der Waals surface area contributed by atoms with Gasteiger partial charge in [0.15, 0.2) is 0 Å². The number of rotatable bonds is 7. The van der Waals surface area contributed by atoms with Crippen molar-refractivity contribution in [2.45, 2.75) is 13.0 Å². The van der Waals surface area contributed by atoms with Gasteiger partial charge in [0.2, 0.25) is 5.82 Å². The molecule has 1 atom stereocenters. The average molecular weight is 366 g/mol. The molecule has 0 aliphatic heterocycles. The van der Waals surface area contributed by atoms with E-state index in [0.717, 1.165) is 5.56 Å². The molecule has 1 aromatic heterocycles. The Hall–Kier alpha value is -1.99. The SMILES string of the molecule is CCOC(CNc1ncc(Br)cc1[N+](=O)[O-])c1ccccc1. The van der Waals surface area contributed by atoms with Crippen molar-refractivity contribution in [3.8, 4) is 0 Å². The van der Waals surface area contributed by atoms with E-state index < -0.39 is 4.92 Å². The molecule has 22 heavy (non-hydrogen) atoms. The molecule has 0 saturated heterocycles. The van der Waals surface area contributed by atoms with E-state index in [1.54, 1.807) is 0 Å². The lowest BCUT2D eigenvalue weighted by molar-refractivity contribution is -0.384. The van der Waals surface area contributed by atoms with E-state index in [9.17, 15) is 10.1 Å². The maximum Gasteiger partial charge on any atom is 0.312 e. The van der Waals surface area contributed by atoms with Crippen LogP contribution in [0.4, 0.5) is 11.5 Å². The fraction of sp³-hybridized carbons (Fsp3) is 0.267. The molecule has 0 radical (unpaired) electrons. The fourth-order valence-corrected chi connectivity index (χ4v) is 2.35. The lowest BCUT2D eigenvalue weighted by Gasteiger charge is -2.18. The second-order valence-electron chi connectivity index (χ2n) is 4.51. The van der Waals surface area contributed by atoms with Crippen LogP contribution in [0.2, 0.25) is 0 Å². The van der Waals surface area contributed by atoms with Crippen LogP contribution in [0.1, 0.15) is 18.6 Å². The molecule has 0 saturated carbocycles. The predicted molar refractivity (Wildman–Crippen MR) is 87.9 cm³/mol. The van der Waals surface area contributed by atoms with E-state index in [4.69, 9.17) is 4.74 Å². The Bertz CT molecular complexity index is 637. The molecule has 2 aromatic rings. The fourth-order valence-electron chi connectivity index (χ4n) is 2.04. The van der Waals surface area contributed by atoms with Crippen molar-refractivity contribution < 1.29 is 9.66 Å². The topological polar surface area (TPSA) is 77.3 Å².